The van der Waals surface area contributed by atoms with Gasteiger partial charge in [-0.3, -0.25) is 9.00 Å². The summed E-state index contributed by atoms with van der Waals surface area (Å²) >= 11 is 0. The molecule has 0 N–H and O–H groups in total. The number of ketones is 1. The van der Waals surface area contributed by atoms with Crippen molar-refractivity contribution in [2.24, 2.45) is 0 Å². The maximum absolute atomic E-state index is 11.6. The lowest BCUT2D eigenvalue weighted by Crippen LogP contribution is -2.12. The highest BCUT2D eigenvalue weighted by Gasteiger charge is 2.14. The minimum atomic E-state index is -1.14. The number of aromatic nitrogens is 1. The SMILES string of the molecule is CCOc1ncccc1C(=O)CS(C)=O. The maximum Gasteiger partial charge on any atom is 0.224 e. The molecule has 0 aliphatic rings. The van der Waals surface area contributed by atoms with Crippen LogP contribution in [-0.4, -0.2) is 33.6 Å². The summed E-state index contributed by atoms with van der Waals surface area (Å²) in [6.07, 6.45) is 3.05. The first-order valence-corrected chi connectivity index (χ1v) is 6.29. The molecule has 0 saturated heterocycles. The molecule has 0 bridgehead atoms. The predicted molar refractivity (Wildman–Crippen MR) is 58.7 cm³/mol. The predicted octanol–water partition coefficient (Wildman–Crippen LogP) is 1.04. The Hall–Kier alpha value is -1.23. The molecule has 1 heterocycles. The molecule has 1 aromatic heterocycles. The zero-order valence-electron chi connectivity index (χ0n) is 8.73. The van der Waals surface area contributed by atoms with Crippen LogP contribution in [0.25, 0.3) is 0 Å². The summed E-state index contributed by atoms with van der Waals surface area (Å²) in [6, 6.07) is 3.29. The minimum Gasteiger partial charge on any atom is -0.477 e. The van der Waals surface area contributed by atoms with E-state index in [-0.39, 0.29) is 11.5 Å². The Bertz CT molecular complexity index is 379. The summed E-state index contributed by atoms with van der Waals surface area (Å²) in [7, 11) is -1.14. The van der Waals surface area contributed by atoms with E-state index in [9.17, 15) is 9.00 Å². The summed E-state index contributed by atoms with van der Waals surface area (Å²) in [6.45, 7) is 2.27. The zero-order valence-corrected chi connectivity index (χ0v) is 9.54. The van der Waals surface area contributed by atoms with Crippen molar-refractivity contribution in [2.45, 2.75) is 6.92 Å². The first-order chi connectivity index (χ1) is 7.15. The van der Waals surface area contributed by atoms with Gasteiger partial charge in [0.05, 0.1) is 17.9 Å². The van der Waals surface area contributed by atoms with Crippen molar-refractivity contribution < 1.29 is 13.7 Å². The van der Waals surface area contributed by atoms with Crippen molar-refractivity contribution in [3.63, 3.8) is 0 Å². The van der Waals surface area contributed by atoms with Gasteiger partial charge in [0, 0.05) is 23.3 Å². The first-order valence-electron chi connectivity index (χ1n) is 4.56. The summed E-state index contributed by atoms with van der Waals surface area (Å²) < 4.78 is 16.1. The van der Waals surface area contributed by atoms with Crippen molar-refractivity contribution in [1.29, 1.82) is 0 Å². The van der Waals surface area contributed by atoms with E-state index in [1.165, 1.54) is 6.26 Å². The summed E-state index contributed by atoms with van der Waals surface area (Å²) in [5.74, 6) is 0.119. The standard InChI is InChI=1S/C10H13NO3S/c1-3-14-10-8(5-4-6-11-10)9(12)7-15(2)13/h4-6H,3,7H2,1-2H3. The number of hydrogen-bond donors (Lipinski definition) is 0. The van der Waals surface area contributed by atoms with Crippen LogP contribution in [0.5, 0.6) is 5.88 Å². The number of nitrogens with zero attached hydrogens (tertiary/aromatic N) is 1. The van der Waals surface area contributed by atoms with Crippen LogP contribution in [0.3, 0.4) is 0 Å². The van der Waals surface area contributed by atoms with E-state index in [1.54, 1.807) is 18.3 Å². The monoisotopic (exact) mass is 227 g/mol. The number of Topliss-reactive ketones (excluding diaryl/α,β-unsaturated/α-hetero) is 1. The highest BCUT2D eigenvalue weighted by molar-refractivity contribution is 7.85. The molecule has 1 unspecified atom stereocenters. The molecule has 0 radical (unpaired) electrons. The van der Waals surface area contributed by atoms with Crippen molar-refractivity contribution in [3.05, 3.63) is 23.9 Å². The first kappa shape index (κ1) is 11.8. The molecular weight excluding hydrogens is 214 g/mol. The van der Waals surface area contributed by atoms with E-state index in [0.717, 1.165) is 0 Å². The lowest BCUT2D eigenvalue weighted by Gasteiger charge is -2.06. The Morgan fingerprint density at radius 2 is 2.33 bits per heavy atom. The fraction of sp³-hybridized carbons (Fsp3) is 0.400. The van der Waals surface area contributed by atoms with Crippen molar-refractivity contribution in [2.75, 3.05) is 18.6 Å². The second-order valence-corrected chi connectivity index (χ2v) is 4.36. The van der Waals surface area contributed by atoms with E-state index in [4.69, 9.17) is 4.74 Å². The van der Waals surface area contributed by atoms with E-state index in [1.807, 2.05) is 6.92 Å². The third-order valence-electron chi connectivity index (χ3n) is 1.69. The van der Waals surface area contributed by atoms with Crippen LogP contribution in [0.15, 0.2) is 18.3 Å². The number of ether oxygens (including phenoxy) is 1. The van der Waals surface area contributed by atoms with Crippen LogP contribution in [0.1, 0.15) is 17.3 Å². The smallest absolute Gasteiger partial charge is 0.224 e. The Kier molecular flexibility index (Phi) is 4.42. The van der Waals surface area contributed by atoms with E-state index in [0.29, 0.717) is 18.1 Å². The normalized spacial score (nSPS) is 12.1. The Morgan fingerprint density at radius 1 is 1.60 bits per heavy atom. The molecule has 1 rings (SSSR count). The molecule has 0 amide bonds. The van der Waals surface area contributed by atoms with Gasteiger partial charge in [-0.1, -0.05) is 0 Å². The molecule has 15 heavy (non-hydrogen) atoms. The molecule has 82 valence electrons. The third-order valence-corrected chi connectivity index (χ3v) is 2.36. The van der Waals surface area contributed by atoms with Crippen LogP contribution in [-0.2, 0) is 10.8 Å². The highest BCUT2D eigenvalue weighted by Crippen LogP contribution is 2.15. The van der Waals surface area contributed by atoms with Gasteiger partial charge in [0.15, 0.2) is 5.78 Å². The minimum absolute atomic E-state index is 0.00572. The highest BCUT2D eigenvalue weighted by atomic mass is 32.2. The topological polar surface area (TPSA) is 56.3 Å². The molecular formula is C10H13NO3S. The van der Waals surface area contributed by atoms with Crippen LogP contribution in [0.2, 0.25) is 0 Å². The molecule has 0 aromatic carbocycles. The largest absolute Gasteiger partial charge is 0.477 e. The molecule has 0 aliphatic carbocycles. The number of pyridine rings is 1. The van der Waals surface area contributed by atoms with Crippen LogP contribution in [0, 0.1) is 0 Å². The molecule has 0 spiro atoms. The van der Waals surface area contributed by atoms with E-state index in [2.05, 4.69) is 4.98 Å². The third kappa shape index (κ3) is 3.43. The van der Waals surface area contributed by atoms with Gasteiger partial charge >= 0.3 is 0 Å². The maximum atomic E-state index is 11.6. The van der Waals surface area contributed by atoms with Gasteiger partial charge in [0.25, 0.3) is 0 Å². The zero-order chi connectivity index (χ0) is 11.3. The van der Waals surface area contributed by atoms with Crippen LogP contribution < -0.4 is 4.74 Å². The number of hydrogen-bond acceptors (Lipinski definition) is 4. The molecule has 4 nitrogen and oxygen atoms in total. The van der Waals surface area contributed by atoms with Gasteiger partial charge < -0.3 is 4.74 Å². The van der Waals surface area contributed by atoms with Crippen molar-refractivity contribution >= 4 is 16.6 Å². The van der Waals surface area contributed by atoms with Gasteiger partial charge in [0.2, 0.25) is 5.88 Å². The van der Waals surface area contributed by atoms with Gasteiger partial charge in [-0.2, -0.15) is 0 Å². The number of carbonyl (C=O) groups is 1. The Morgan fingerprint density at radius 3 is 2.93 bits per heavy atom. The quantitative estimate of drug-likeness (QED) is 0.705. The number of rotatable bonds is 5. The van der Waals surface area contributed by atoms with Gasteiger partial charge in [-0.05, 0) is 19.1 Å². The number of carbonyl (C=O) groups excluding carboxylic acids is 1. The second kappa shape index (κ2) is 5.60. The lowest BCUT2D eigenvalue weighted by atomic mass is 10.2. The lowest BCUT2D eigenvalue weighted by molar-refractivity contribution is 0.101. The molecule has 1 aromatic rings. The van der Waals surface area contributed by atoms with Crippen molar-refractivity contribution in [1.82, 2.24) is 4.98 Å². The molecule has 0 saturated carbocycles. The summed E-state index contributed by atoms with van der Waals surface area (Å²) in [4.78, 5) is 15.6. The molecule has 1 atom stereocenters. The second-order valence-electron chi connectivity index (χ2n) is 2.93. The summed E-state index contributed by atoms with van der Waals surface area (Å²) in [5, 5.41) is 0. The fourth-order valence-corrected chi connectivity index (χ4v) is 1.64. The molecule has 0 fully saturated rings. The Labute approximate surface area is 91.1 Å². The van der Waals surface area contributed by atoms with E-state index < -0.39 is 10.8 Å². The van der Waals surface area contributed by atoms with Gasteiger partial charge in [-0.25, -0.2) is 4.98 Å². The van der Waals surface area contributed by atoms with E-state index >= 15 is 0 Å². The van der Waals surface area contributed by atoms with Gasteiger partial charge in [0.1, 0.15) is 0 Å². The molecule has 5 heteroatoms. The molecule has 0 aliphatic heterocycles. The fourth-order valence-electron chi connectivity index (χ4n) is 1.12. The van der Waals surface area contributed by atoms with Gasteiger partial charge in [-0.15, -0.1) is 0 Å². The van der Waals surface area contributed by atoms with Crippen LogP contribution in [0.4, 0.5) is 0 Å². The average molecular weight is 227 g/mol. The van der Waals surface area contributed by atoms with Crippen molar-refractivity contribution in [3.8, 4) is 5.88 Å². The average Bonchev–Trinajstić information content (AvgIpc) is 2.18. The Balaban J connectivity index is 2.91. The summed E-state index contributed by atoms with van der Waals surface area (Å²) in [5.41, 5.74) is 0.398. The van der Waals surface area contributed by atoms with Crippen LogP contribution >= 0.6 is 0 Å².